The molecule has 2 unspecified atom stereocenters. The van der Waals surface area contributed by atoms with E-state index in [0.717, 1.165) is 96.3 Å². The molecule has 0 radical (unpaired) electrons. The van der Waals surface area contributed by atoms with Crippen molar-refractivity contribution in [1.29, 1.82) is 0 Å². The number of nitrogens with zero attached hydrogens (tertiary/aromatic N) is 1. The van der Waals surface area contributed by atoms with Gasteiger partial charge in [0.2, 0.25) is 0 Å². The lowest BCUT2D eigenvalue weighted by molar-refractivity contribution is -0.870. The molecule has 0 aliphatic carbocycles. The zero-order valence-corrected chi connectivity index (χ0v) is 64.2. The van der Waals surface area contributed by atoms with Gasteiger partial charge in [0, 0.05) is 12.8 Å². The van der Waals surface area contributed by atoms with E-state index in [1.54, 1.807) is 0 Å². The molecule has 0 saturated heterocycles. The zero-order chi connectivity index (χ0) is 69.7. The summed E-state index contributed by atoms with van der Waals surface area (Å²) in [6, 6.07) is 0. The number of hydrogen-bond acceptors (Lipinski definition) is 7. The molecule has 96 heavy (non-hydrogen) atoms. The van der Waals surface area contributed by atoms with Crippen LogP contribution >= 0.6 is 7.82 Å². The van der Waals surface area contributed by atoms with Gasteiger partial charge < -0.3 is 18.9 Å². The predicted molar refractivity (Wildman–Crippen MR) is 418 cm³/mol. The number of phosphoric acid groups is 1. The van der Waals surface area contributed by atoms with E-state index in [2.05, 4.69) is 135 Å². The average molecular weight is 1360 g/mol. The van der Waals surface area contributed by atoms with E-state index >= 15 is 0 Å². The van der Waals surface area contributed by atoms with Crippen molar-refractivity contribution < 1.29 is 42.1 Å². The lowest BCUT2D eigenvalue weighted by atomic mass is 10.0. The molecular formula is C86H153NO8P+. The summed E-state index contributed by atoms with van der Waals surface area (Å²) in [5.41, 5.74) is 0. The minimum Gasteiger partial charge on any atom is -0.462 e. The van der Waals surface area contributed by atoms with Gasteiger partial charge >= 0.3 is 19.8 Å². The van der Waals surface area contributed by atoms with Crippen molar-refractivity contribution in [2.75, 3.05) is 47.5 Å². The van der Waals surface area contributed by atoms with Crippen LogP contribution in [0.25, 0.3) is 0 Å². The lowest BCUT2D eigenvalue weighted by Gasteiger charge is -2.24. The molecule has 10 heteroatoms. The molecule has 554 valence electrons. The maximum Gasteiger partial charge on any atom is 0.472 e. The third-order valence-corrected chi connectivity index (χ3v) is 18.5. The van der Waals surface area contributed by atoms with Gasteiger partial charge in [-0.3, -0.25) is 18.6 Å². The number of esters is 2. The number of hydrogen-bond donors (Lipinski definition) is 1. The molecule has 9 nitrogen and oxygen atoms in total. The Hall–Kier alpha value is -3.59. The van der Waals surface area contributed by atoms with Crippen LogP contribution in [0.2, 0.25) is 0 Å². The van der Waals surface area contributed by atoms with Crippen LogP contribution < -0.4 is 0 Å². The third kappa shape index (κ3) is 79.4. The number of phosphoric ester groups is 1. The number of carbonyl (C=O) groups is 2. The highest BCUT2D eigenvalue weighted by Crippen LogP contribution is 2.43. The molecule has 0 saturated carbocycles. The van der Waals surface area contributed by atoms with Crippen LogP contribution in [-0.2, 0) is 32.7 Å². The number of quaternary nitrogens is 1. The molecule has 0 heterocycles. The van der Waals surface area contributed by atoms with E-state index in [1.165, 1.54) is 231 Å². The van der Waals surface area contributed by atoms with E-state index in [9.17, 15) is 19.0 Å². The highest BCUT2D eigenvalue weighted by molar-refractivity contribution is 7.47. The van der Waals surface area contributed by atoms with Gasteiger partial charge in [-0.1, -0.05) is 360 Å². The second-order valence-corrected chi connectivity index (χ2v) is 29.5. The van der Waals surface area contributed by atoms with E-state index in [1.807, 2.05) is 21.1 Å². The fourth-order valence-corrected chi connectivity index (χ4v) is 12.1. The minimum atomic E-state index is -4.40. The summed E-state index contributed by atoms with van der Waals surface area (Å²) >= 11 is 0. The van der Waals surface area contributed by atoms with Gasteiger partial charge in [-0.15, -0.1) is 0 Å². The summed E-state index contributed by atoms with van der Waals surface area (Å²) in [5, 5.41) is 0. The molecule has 0 spiro atoms. The molecule has 2 atom stereocenters. The Morgan fingerprint density at radius 3 is 0.885 bits per heavy atom. The van der Waals surface area contributed by atoms with E-state index in [-0.39, 0.29) is 32.0 Å². The number of rotatable bonds is 74. The number of unbranched alkanes of at least 4 members (excludes halogenated alkanes) is 40. The van der Waals surface area contributed by atoms with Crippen molar-refractivity contribution >= 4 is 19.8 Å². The Bertz CT molecular complexity index is 2040. The Morgan fingerprint density at radius 1 is 0.333 bits per heavy atom. The van der Waals surface area contributed by atoms with Gasteiger partial charge in [-0.05, 0) is 109 Å². The summed E-state index contributed by atoms with van der Waals surface area (Å²) in [7, 11) is 1.48. The summed E-state index contributed by atoms with van der Waals surface area (Å²) in [5.74, 6) is -0.788. The number of allylic oxidation sites excluding steroid dienone is 20. The first-order valence-corrected chi connectivity index (χ1v) is 41.8. The smallest absolute Gasteiger partial charge is 0.462 e. The van der Waals surface area contributed by atoms with Gasteiger partial charge in [0.1, 0.15) is 19.8 Å². The predicted octanol–water partition coefficient (Wildman–Crippen LogP) is 26.9. The van der Waals surface area contributed by atoms with Crippen LogP contribution in [0.15, 0.2) is 122 Å². The molecule has 0 aliphatic rings. The SMILES string of the molecule is CC/C=C\C/C=C\C/C=C\C/C=C\C/C=C\C/C=C\C/C=C\CCCCCCCCCCCCCCCC(=O)OC(COC(=O)CCCCCCCCCCCCCCCCCCCCCCCC/C=C\C/C=C\C/C=C\CCCCCCC)COP(=O)(O)OCC[N+](C)(C)C. The van der Waals surface area contributed by atoms with Crippen LogP contribution in [0.3, 0.4) is 0 Å². The quantitative estimate of drug-likeness (QED) is 0.0211. The molecule has 0 bridgehead atoms. The maximum absolute atomic E-state index is 12.9. The van der Waals surface area contributed by atoms with Crippen molar-refractivity contribution in [3.05, 3.63) is 122 Å². The molecule has 0 aromatic carbocycles. The first kappa shape index (κ1) is 92.4. The van der Waals surface area contributed by atoms with Gasteiger partial charge in [0.15, 0.2) is 6.10 Å². The highest BCUT2D eigenvalue weighted by Gasteiger charge is 2.27. The molecule has 0 aliphatic heterocycles. The van der Waals surface area contributed by atoms with E-state index < -0.39 is 26.5 Å². The van der Waals surface area contributed by atoms with Crippen LogP contribution in [0, 0.1) is 0 Å². The second kappa shape index (κ2) is 75.6. The van der Waals surface area contributed by atoms with Gasteiger partial charge in [0.25, 0.3) is 0 Å². The van der Waals surface area contributed by atoms with Crippen LogP contribution in [0.1, 0.15) is 361 Å². The highest BCUT2D eigenvalue weighted by atomic mass is 31.2. The normalized spacial score (nSPS) is 13.7. The summed E-state index contributed by atoms with van der Waals surface area (Å²) in [6.07, 6.45) is 109. The van der Waals surface area contributed by atoms with Crippen LogP contribution in [0.4, 0.5) is 0 Å². The maximum atomic E-state index is 12.9. The number of likely N-dealkylation sites (N-methyl/N-ethyl adjacent to an activating group) is 1. The fraction of sp³-hybridized carbons (Fsp3) is 0.744. The average Bonchev–Trinajstić information content (AvgIpc) is 2.74. The Labute approximate surface area is 594 Å². The number of carbonyl (C=O) groups excluding carboxylic acids is 2. The van der Waals surface area contributed by atoms with Crippen LogP contribution in [-0.4, -0.2) is 74.9 Å². The largest absolute Gasteiger partial charge is 0.472 e. The lowest BCUT2D eigenvalue weighted by Crippen LogP contribution is -2.37. The van der Waals surface area contributed by atoms with Crippen molar-refractivity contribution in [1.82, 2.24) is 0 Å². The van der Waals surface area contributed by atoms with Crippen molar-refractivity contribution in [3.8, 4) is 0 Å². The van der Waals surface area contributed by atoms with Crippen molar-refractivity contribution in [2.24, 2.45) is 0 Å². The first-order chi connectivity index (χ1) is 47.0. The standard InChI is InChI=1S/C86H152NO8P/c1-6-8-10-12-14-16-18-20-22-24-26-28-30-32-34-36-38-40-42-43-45-46-48-50-52-54-56-58-60-62-64-66-68-70-72-74-76-78-85(88)92-82-84(83-94-96(90,91)93-81-80-87(3,4)5)95-86(89)79-77-75-73-71-69-67-65-63-61-59-57-55-53-51-49-47-44-41-39-37-35-33-31-29-27-25-23-21-19-17-15-13-11-9-7-2/h9,11,15,17-18,20-21,23-24,26-27,29-30,32-33,35,39,41,47,49,84H,6-8,10,12-14,16,19,22,25,28,31,34,36-38,40,42-46,48,50-83H2,1-5H3/p+1/b11-9-,17-15-,20-18-,23-21-,26-24-,29-27-,32-30-,35-33-,41-39-,49-47-. The molecule has 0 fully saturated rings. The molecule has 0 aromatic heterocycles. The van der Waals surface area contributed by atoms with Crippen LogP contribution in [0.5, 0.6) is 0 Å². The topological polar surface area (TPSA) is 108 Å². The van der Waals surface area contributed by atoms with E-state index in [0.29, 0.717) is 17.4 Å². The molecule has 0 amide bonds. The Balaban J connectivity index is 3.97. The zero-order valence-electron chi connectivity index (χ0n) is 63.3. The molecule has 0 rings (SSSR count). The van der Waals surface area contributed by atoms with E-state index in [4.69, 9.17) is 18.5 Å². The Morgan fingerprint density at radius 2 is 0.594 bits per heavy atom. The summed E-state index contributed by atoms with van der Waals surface area (Å²) in [6.45, 7) is 4.34. The van der Waals surface area contributed by atoms with Gasteiger partial charge in [0.05, 0.1) is 27.7 Å². The summed E-state index contributed by atoms with van der Waals surface area (Å²) in [4.78, 5) is 36.0. The minimum absolute atomic E-state index is 0.0289. The number of ether oxygens (including phenoxy) is 2. The summed E-state index contributed by atoms with van der Waals surface area (Å²) < 4.78 is 34.8. The fourth-order valence-electron chi connectivity index (χ4n) is 11.4. The Kier molecular flexibility index (Phi) is 72.8. The van der Waals surface area contributed by atoms with Gasteiger partial charge in [-0.2, -0.15) is 0 Å². The third-order valence-electron chi connectivity index (χ3n) is 17.5. The van der Waals surface area contributed by atoms with Gasteiger partial charge in [-0.25, -0.2) is 4.57 Å². The molecular weight excluding hydrogens is 1210 g/mol. The molecule has 1 N–H and O–H groups in total. The second-order valence-electron chi connectivity index (χ2n) is 28.1. The molecule has 0 aromatic rings. The van der Waals surface area contributed by atoms with Crippen molar-refractivity contribution in [3.63, 3.8) is 0 Å². The monoisotopic (exact) mass is 1360 g/mol. The van der Waals surface area contributed by atoms with Crippen molar-refractivity contribution in [2.45, 2.75) is 367 Å². The first-order valence-electron chi connectivity index (χ1n) is 40.3.